The first-order valence-electron chi connectivity index (χ1n) is 6.93. The minimum atomic E-state index is 0.358. The summed E-state index contributed by atoms with van der Waals surface area (Å²) < 4.78 is 1.13. The number of rotatable bonds is 3. The van der Waals surface area contributed by atoms with Crippen LogP contribution in [0.15, 0.2) is 46.9 Å². The van der Waals surface area contributed by atoms with Gasteiger partial charge in [0.05, 0.1) is 0 Å². The molecule has 1 fully saturated rings. The van der Waals surface area contributed by atoms with Gasteiger partial charge in [0.2, 0.25) is 0 Å². The van der Waals surface area contributed by atoms with Crippen LogP contribution in [-0.4, -0.2) is 11.1 Å². The maximum Gasteiger partial charge on any atom is 0.118 e. The van der Waals surface area contributed by atoms with E-state index >= 15 is 0 Å². The van der Waals surface area contributed by atoms with Crippen LogP contribution in [0.4, 0.5) is 5.69 Å². The lowest BCUT2D eigenvalue weighted by molar-refractivity contribution is 0.374. The zero-order valence-corrected chi connectivity index (χ0v) is 13.0. The number of phenols is 1. The zero-order chi connectivity index (χ0) is 14.1. The smallest absolute Gasteiger partial charge is 0.118 e. The van der Waals surface area contributed by atoms with Gasteiger partial charge in [0.25, 0.3) is 0 Å². The van der Waals surface area contributed by atoms with Crippen molar-refractivity contribution < 1.29 is 5.11 Å². The first-order valence-corrected chi connectivity index (χ1v) is 7.73. The van der Waals surface area contributed by atoms with Crippen molar-refractivity contribution in [2.45, 2.75) is 31.7 Å². The zero-order valence-electron chi connectivity index (χ0n) is 11.4. The molecule has 2 nitrogen and oxygen atoms in total. The van der Waals surface area contributed by atoms with Crippen molar-refractivity contribution in [2.24, 2.45) is 0 Å². The molecule has 0 unspecified atom stereocenters. The molecule has 1 aliphatic rings. The summed E-state index contributed by atoms with van der Waals surface area (Å²) in [5.41, 5.74) is 3.44. The van der Waals surface area contributed by atoms with Crippen LogP contribution in [-0.2, 0) is 0 Å². The minimum absolute atomic E-state index is 0.358. The highest BCUT2D eigenvalue weighted by Gasteiger charge is 2.30. The van der Waals surface area contributed by atoms with E-state index in [1.807, 2.05) is 19.1 Å². The summed E-state index contributed by atoms with van der Waals surface area (Å²) in [6.07, 6.45) is 2.34. The van der Waals surface area contributed by atoms with Gasteiger partial charge in [0, 0.05) is 16.2 Å². The van der Waals surface area contributed by atoms with E-state index < -0.39 is 0 Å². The van der Waals surface area contributed by atoms with Gasteiger partial charge in [-0.1, -0.05) is 28.1 Å². The minimum Gasteiger partial charge on any atom is -0.508 e. The van der Waals surface area contributed by atoms with E-state index in [1.165, 1.54) is 18.4 Å². The molecule has 0 bridgehead atoms. The highest BCUT2D eigenvalue weighted by atomic mass is 79.9. The van der Waals surface area contributed by atoms with Crippen LogP contribution in [0.25, 0.3) is 0 Å². The molecule has 0 amide bonds. The van der Waals surface area contributed by atoms with Gasteiger partial charge < -0.3 is 10.4 Å². The van der Waals surface area contributed by atoms with Gasteiger partial charge in [0.1, 0.15) is 5.75 Å². The molecule has 1 aliphatic carbocycles. The number of nitrogens with one attached hydrogen (secondary N) is 1. The Kier molecular flexibility index (Phi) is 3.70. The molecule has 0 atom stereocenters. The summed E-state index contributed by atoms with van der Waals surface area (Å²) in [5, 5.41) is 13.1. The molecule has 104 valence electrons. The number of halogens is 1. The second-order valence-corrected chi connectivity index (χ2v) is 6.48. The quantitative estimate of drug-likeness (QED) is 0.790. The molecule has 2 aromatic carbocycles. The Hall–Kier alpha value is -1.48. The SMILES string of the molecule is Cc1cc(NC2CC(c3ccc(Br)cc3)C2)ccc1O. The molecule has 0 heterocycles. The highest BCUT2D eigenvalue weighted by Crippen LogP contribution is 2.39. The Bertz CT molecular complexity index is 603. The second kappa shape index (κ2) is 5.49. The van der Waals surface area contributed by atoms with Gasteiger partial charge in [-0.05, 0) is 67.1 Å². The van der Waals surface area contributed by atoms with Crippen LogP contribution in [0.2, 0.25) is 0 Å². The van der Waals surface area contributed by atoms with E-state index in [2.05, 4.69) is 45.5 Å². The maximum absolute atomic E-state index is 9.53. The fraction of sp³-hybridized carbons (Fsp3) is 0.294. The summed E-state index contributed by atoms with van der Waals surface area (Å²) in [6, 6.07) is 14.9. The second-order valence-electron chi connectivity index (χ2n) is 5.56. The lowest BCUT2D eigenvalue weighted by Gasteiger charge is -2.37. The van der Waals surface area contributed by atoms with E-state index in [9.17, 15) is 5.11 Å². The topological polar surface area (TPSA) is 32.3 Å². The van der Waals surface area contributed by atoms with E-state index in [4.69, 9.17) is 0 Å². The van der Waals surface area contributed by atoms with Crippen LogP contribution in [0, 0.1) is 6.92 Å². The van der Waals surface area contributed by atoms with E-state index in [1.54, 1.807) is 6.07 Å². The predicted octanol–water partition coefficient (Wildman–Crippen LogP) is 4.82. The van der Waals surface area contributed by atoms with Crippen LogP contribution in [0.5, 0.6) is 5.75 Å². The predicted molar refractivity (Wildman–Crippen MR) is 86.4 cm³/mol. The van der Waals surface area contributed by atoms with Crippen molar-refractivity contribution in [2.75, 3.05) is 5.32 Å². The summed E-state index contributed by atoms with van der Waals surface area (Å²) >= 11 is 3.47. The third-order valence-corrected chi connectivity index (χ3v) is 4.58. The van der Waals surface area contributed by atoms with E-state index in [-0.39, 0.29) is 0 Å². The highest BCUT2D eigenvalue weighted by molar-refractivity contribution is 9.10. The molecule has 2 N–H and O–H groups in total. The van der Waals surface area contributed by atoms with Gasteiger partial charge >= 0.3 is 0 Å². The molecule has 0 radical (unpaired) electrons. The number of benzene rings is 2. The molecular weight excluding hydrogens is 314 g/mol. The van der Waals surface area contributed by atoms with Crippen LogP contribution < -0.4 is 5.32 Å². The monoisotopic (exact) mass is 331 g/mol. The molecule has 0 spiro atoms. The Morgan fingerprint density at radius 1 is 1.10 bits per heavy atom. The Labute approximate surface area is 128 Å². The van der Waals surface area contributed by atoms with E-state index in [0.29, 0.717) is 17.7 Å². The molecule has 3 heteroatoms. The average Bonchev–Trinajstić information content (AvgIpc) is 2.39. The number of phenolic OH excluding ortho intramolecular Hbond substituents is 1. The van der Waals surface area contributed by atoms with Crippen molar-refractivity contribution in [1.82, 2.24) is 0 Å². The van der Waals surface area contributed by atoms with Crippen molar-refractivity contribution >= 4 is 21.6 Å². The number of anilines is 1. The standard InChI is InChI=1S/C17H18BrNO/c1-11-8-15(6-7-17(11)20)19-16-9-13(10-16)12-2-4-14(18)5-3-12/h2-8,13,16,19-20H,9-10H2,1H3. The molecule has 3 rings (SSSR count). The number of hydrogen-bond donors (Lipinski definition) is 2. The number of aryl methyl sites for hydroxylation is 1. The fourth-order valence-electron chi connectivity index (χ4n) is 2.72. The van der Waals surface area contributed by atoms with Crippen molar-refractivity contribution in [1.29, 1.82) is 0 Å². The van der Waals surface area contributed by atoms with Gasteiger partial charge in [-0.25, -0.2) is 0 Å². The van der Waals surface area contributed by atoms with Crippen molar-refractivity contribution in [3.8, 4) is 5.75 Å². The summed E-state index contributed by atoms with van der Waals surface area (Å²) in [6.45, 7) is 1.92. The number of aromatic hydroxyl groups is 1. The van der Waals surface area contributed by atoms with Crippen LogP contribution in [0.1, 0.15) is 29.9 Å². The van der Waals surface area contributed by atoms with Gasteiger partial charge in [-0.3, -0.25) is 0 Å². The Balaban J connectivity index is 1.58. The molecular formula is C17H18BrNO. The summed E-state index contributed by atoms with van der Waals surface area (Å²) in [4.78, 5) is 0. The first-order chi connectivity index (χ1) is 9.61. The molecule has 0 aromatic heterocycles. The third kappa shape index (κ3) is 2.83. The summed E-state index contributed by atoms with van der Waals surface area (Å²) in [7, 11) is 0. The van der Waals surface area contributed by atoms with Gasteiger partial charge in [-0.2, -0.15) is 0 Å². The number of hydrogen-bond acceptors (Lipinski definition) is 2. The first kappa shape index (κ1) is 13.5. The largest absolute Gasteiger partial charge is 0.508 e. The lowest BCUT2D eigenvalue weighted by Crippen LogP contribution is -2.33. The van der Waals surface area contributed by atoms with Crippen LogP contribution in [0.3, 0.4) is 0 Å². The molecule has 0 aliphatic heterocycles. The Morgan fingerprint density at radius 2 is 1.80 bits per heavy atom. The molecule has 20 heavy (non-hydrogen) atoms. The summed E-state index contributed by atoms with van der Waals surface area (Å²) in [5.74, 6) is 1.02. The Morgan fingerprint density at radius 3 is 2.45 bits per heavy atom. The van der Waals surface area contributed by atoms with Gasteiger partial charge in [-0.15, -0.1) is 0 Å². The average molecular weight is 332 g/mol. The third-order valence-electron chi connectivity index (χ3n) is 4.05. The lowest BCUT2D eigenvalue weighted by atomic mass is 9.76. The van der Waals surface area contributed by atoms with Gasteiger partial charge in [0.15, 0.2) is 0 Å². The van der Waals surface area contributed by atoms with Crippen molar-refractivity contribution in [3.63, 3.8) is 0 Å². The van der Waals surface area contributed by atoms with E-state index in [0.717, 1.165) is 15.7 Å². The van der Waals surface area contributed by atoms with Crippen LogP contribution >= 0.6 is 15.9 Å². The van der Waals surface area contributed by atoms with Crippen molar-refractivity contribution in [3.05, 3.63) is 58.1 Å². The normalized spacial score (nSPS) is 21.3. The molecule has 2 aromatic rings. The molecule has 0 saturated heterocycles. The maximum atomic E-state index is 9.53. The molecule has 1 saturated carbocycles. The fourth-order valence-corrected chi connectivity index (χ4v) is 2.99.